The average Bonchev–Trinajstić information content (AvgIpc) is 2.81. The van der Waals surface area contributed by atoms with Crippen LogP contribution >= 0.6 is 11.3 Å². The quantitative estimate of drug-likeness (QED) is 0.681. The lowest BCUT2D eigenvalue weighted by Crippen LogP contribution is -2.24. The van der Waals surface area contributed by atoms with Crippen molar-refractivity contribution in [2.45, 2.75) is 20.8 Å². The molecule has 0 unspecified atom stereocenters. The summed E-state index contributed by atoms with van der Waals surface area (Å²) in [4.78, 5) is 12.7. The summed E-state index contributed by atoms with van der Waals surface area (Å²) in [7, 11) is 0. The molecule has 0 atom stereocenters. The van der Waals surface area contributed by atoms with Gasteiger partial charge in [0.1, 0.15) is 5.75 Å². The fourth-order valence-electron chi connectivity index (χ4n) is 1.88. The monoisotopic (exact) mass is 302 g/mol. The van der Waals surface area contributed by atoms with Gasteiger partial charge in [0, 0.05) is 4.88 Å². The first-order valence-electron chi connectivity index (χ1n) is 6.61. The van der Waals surface area contributed by atoms with E-state index in [0.29, 0.717) is 5.75 Å². The first-order valence-corrected chi connectivity index (χ1v) is 7.49. The molecule has 0 spiro atoms. The topological polar surface area (TPSA) is 50.7 Å². The number of rotatable bonds is 5. The predicted octanol–water partition coefficient (Wildman–Crippen LogP) is 3.20. The van der Waals surface area contributed by atoms with Gasteiger partial charge in [-0.15, -0.1) is 11.3 Å². The maximum absolute atomic E-state index is 11.7. The third-order valence-electron chi connectivity index (χ3n) is 2.84. The molecule has 1 amide bonds. The number of nitrogens with one attached hydrogen (secondary N) is 1. The second-order valence-electron chi connectivity index (χ2n) is 4.87. The normalized spacial score (nSPS) is 10.8. The molecule has 0 aliphatic rings. The summed E-state index contributed by atoms with van der Waals surface area (Å²) in [6.07, 6.45) is 1.65. The molecule has 4 nitrogen and oxygen atoms in total. The van der Waals surface area contributed by atoms with E-state index >= 15 is 0 Å². The number of hydrogen-bond donors (Lipinski definition) is 1. The van der Waals surface area contributed by atoms with Crippen LogP contribution in [0.4, 0.5) is 0 Å². The third-order valence-corrected chi connectivity index (χ3v) is 3.79. The van der Waals surface area contributed by atoms with Crippen LogP contribution in [0.1, 0.15) is 21.6 Å². The van der Waals surface area contributed by atoms with Crippen LogP contribution in [-0.4, -0.2) is 18.7 Å². The van der Waals surface area contributed by atoms with Crippen molar-refractivity contribution >= 4 is 23.5 Å². The Labute approximate surface area is 128 Å². The summed E-state index contributed by atoms with van der Waals surface area (Å²) in [5.74, 6) is 0.417. The van der Waals surface area contributed by atoms with E-state index in [4.69, 9.17) is 4.74 Å². The van der Waals surface area contributed by atoms with Crippen LogP contribution in [0.3, 0.4) is 0 Å². The number of hydrazone groups is 1. The van der Waals surface area contributed by atoms with Crippen LogP contribution in [0.25, 0.3) is 0 Å². The van der Waals surface area contributed by atoms with Gasteiger partial charge in [-0.25, -0.2) is 5.43 Å². The molecule has 0 aliphatic heterocycles. The smallest absolute Gasteiger partial charge is 0.277 e. The van der Waals surface area contributed by atoms with Crippen molar-refractivity contribution in [1.29, 1.82) is 0 Å². The summed E-state index contributed by atoms with van der Waals surface area (Å²) >= 11 is 1.58. The third kappa shape index (κ3) is 4.72. The van der Waals surface area contributed by atoms with Crippen molar-refractivity contribution in [1.82, 2.24) is 5.43 Å². The molecule has 2 aromatic rings. The van der Waals surface area contributed by atoms with Gasteiger partial charge in [-0.3, -0.25) is 4.79 Å². The molecule has 1 aromatic heterocycles. The number of hydrogen-bond acceptors (Lipinski definition) is 4. The minimum absolute atomic E-state index is 0.0519. The highest BCUT2D eigenvalue weighted by Gasteiger charge is 2.03. The van der Waals surface area contributed by atoms with Gasteiger partial charge >= 0.3 is 0 Å². The molecule has 0 saturated heterocycles. The minimum atomic E-state index is -0.278. The van der Waals surface area contributed by atoms with E-state index in [0.717, 1.165) is 21.6 Å². The van der Waals surface area contributed by atoms with Gasteiger partial charge in [0.2, 0.25) is 0 Å². The van der Waals surface area contributed by atoms with Crippen molar-refractivity contribution in [2.75, 3.05) is 6.61 Å². The van der Waals surface area contributed by atoms with Crippen molar-refractivity contribution in [3.8, 4) is 5.75 Å². The molecule has 0 radical (unpaired) electrons. The molecule has 0 fully saturated rings. The first-order chi connectivity index (χ1) is 10.0. The maximum atomic E-state index is 11.7. The Morgan fingerprint density at radius 2 is 2.00 bits per heavy atom. The molecule has 0 bridgehead atoms. The highest BCUT2D eigenvalue weighted by Crippen LogP contribution is 2.16. The van der Waals surface area contributed by atoms with Crippen LogP contribution < -0.4 is 10.2 Å². The van der Waals surface area contributed by atoms with Crippen LogP contribution in [0, 0.1) is 20.8 Å². The summed E-state index contributed by atoms with van der Waals surface area (Å²) < 4.78 is 5.46. The van der Waals surface area contributed by atoms with E-state index in [2.05, 4.69) is 16.6 Å². The lowest BCUT2D eigenvalue weighted by molar-refractivity contribution is -0.123. The van der Waals surface area contributed by atoms with Crippen molar-refractivity contribution < 1.29 is 9.53 Å². The largest absolute Gasteiger partial charge is 0.484 e. The standard InChI is InChI=1S/C16H18N2O2S/c1-11-6-12(2)8-14(7-11)20-10-16(19)18-17-9-15-13(3)4-5-21-15/h4-9H,10H2,1-3H3,(H,18,19)/b17-9-. The van der Waals surface area contributed by atoms with Gasteiger partial charge in [-0.05, 0) is 61.0 Å². The van der Waals surface area contributed by atoms with E-state index in [9.17, 15) is 4.79 Å². The lowest BCUT2D eigenvalue weighted by Gasteiger charge is -2.07. The van der Waals surface area contributed by atoms with Crippen LogP contribution in [-0.2, 0) is 4.79 Å². The molecule has 0 saturated carbocycles. The van der Waals surface area contributed by atoms with Gasteiger partial charge in [-0.2, -0.15) is 5.10 Å². The van der Waals surface area contributed by atoms with Crippen LogP contribution in [0.2, 0.25) is 0 Å². The fraction of sp³-hybridized carbons (Fsp3) is 0.250. The van der Waals surface area contributed by atoms with Crippen LogP contribution in [0.15, 0.2) is 34.7 Å². The maximum Gasteiger partial charge on any atom is 0.277 e. The summed E-state index contributed by atoms with van der Waals surface area (Å²) in [6, 6.07) is 7.87. The number of benzene rings is 1. The molecule has 2 rings (SSSR count). The van der Waals surface area contributed by atoms with Crippen LogP contribution in [0.5, 0.6) is 5.75 Å². The molecule has 1 aromatic carbocycles. The Hall–Kier alpha value is -2.14. The number of nitrogens with zero attached hydrogens (tertiary/aromatic N) is 1. The van der Waals surface area contributed by atoms with E-state index in [1.807, 2.05) is 44.4 Å². The summed E-state index contributed by atoms with van der Waals surface area (Å²) in [6.45, 7) is 5.94. The summed E-state index contributed by atoms with van der Waals surface area (Å²) in [5.41, 5.74) is 5.82. The molecule has 0 aliphatic carbocycles. The number of amides is 1. The second kappa shape index (κ2) is 7.04. The number of ether oxygens (including phenoxy) is 1. The van der Waals surface area contributed by atoms with Gasteiger partial charge in [-0.1, -0.05) is 6.07 Å². The van der Waals surface area contributed by atoms with Crippen molar-refractivity contribution in [2.24, 2.45) is 5.10 Å². The molecule has 1 heterocycles. The summed E-state index contributed by atoms with van der Waals surface area (Å²) in [5, 5.41) is 5.92. The highest BCUT2D eigenvalue weighted by atomic mass is 32.1. The zero-order valence-corrected chi connectivity index (χ0v) is 13.2. The van der Waals surface area contributed by atoms with Gasteiger partial charge < -0.3 is 4.74 Å². The highest BCUT2D eigenvalue weighted by molar-refractivity contribution is 7.11. The average molecular weight is 302 g/mol. The molecular weight excluding hydrogens is 284 g/mol. The molecular formula is C16H18N2O2S. The Morgan fingerprint density at radius 3 is 2.62 bits per heavy atom. The van der Waals surface area contributed by atoms with Crippen molar-refractivity contribution in [3.05, 3.63) is 51.2 Å². The van der Waals surface area contributed by atoms with Gasteiger partial charge in [0.05, 0.1) is 6.21 Å². The number of thiophene rings is 1. The lowest BCUT2D eigenvalue weighted by atomic mass is 10.1. The number of carbonyl (C=O) groups excluding carboxylic acids is 1. The second-order valence-corrected chi connectivity index (χ2v) is 5.82. The number of aryl methyl sites for hydroxylation is 3. The van der Waals surface area contributed by atoms with Crippen molar-refractivity contribution in [3.63, 3.8) is 0 Å². The molecule has 1 N–H and O–H groups in total. The molecule has 21 heavy (non-hydrogen) atoms. The fourth-order valence-corrected chi connectivity index (χ4v) is 2.66. The Balaban J connectivity index is 1.82. The van der Waals surface area contributed by atoms with E-state index in [-0.39, 0.29) is 12.5 Å². The van der Waals surface area contributed by atoms with Gasteiger partial charge in [0.25, 0.3) is 5.91 Å². The first kappa shape index (κ1) is 15.3. The molecule has 5 heteroatoms. The molecule has 110 valence electrons. The van der Waals surface area contributed by atoms with E-state index in [1.54, 1.807) is 17.6 Å². The zero-order chi connectivity index (χ0) is 15.2. The van der Waals surface area contributed by atoms with E-state index in [1.165, 1.54) is 0 Å². The Kier molecular flexibility index (Phi) is 5.11. The minimum Gasteiger partial charge on any atom is -0.484 e. The number of carbonyl (C=O) groups is 1. The Morgan fingerprint density at radius 1 is 1.29 bits per heavy atom. The SMILES string of the molecule is Cc1cc(C)cc(OCC(=O)N/N=C\c2sccc2C)c1. The predicted molar refractivity (Wildman–Crippen MR) is 86.2 cm³/mol. The van der Waals surface area contributed by atoms with E-state index < -0.39 is 0 Å². The van der Waals surface area contributed by atoms with Gasteiger partial charge in [0.15, 0.2) is 6.61 Å². The zero-order valence-electron chi connectivity index (χ0n) is 12.3. The Bertz CT molecular complexity index is 642.